The maximum atomic E-state index is 12.5. The lowest BCUT2D eigenvalue weighted by atomic mass is 9.85. The van der Waals surface area contributed by atoms with E-state index in [1.165, 1.54) is 0 Å². The Kier molecular flexibility index (Phi) is 5.08. The van der Waals surface area contributed by atoms with Gasteiger partial charge < -0.3 is 20.3 Å². The largest absolute Gasteiger partial charge is 0.375 e. The van der Waals surface area contributed by atoms with Crippen molar-refractivity contribution < 1.29 is 9.53 Å². The van der Waals surface area contributed by atoms with Crippen LogP contribution in [0.15, 0.2) is 4.99 Å². The van der Waals surface area contributed by atoms with Crippen LogP contribution in [-0.4, -0.2) is 68.1 Å². The van der Waals surface area contributed by atoms with Gasteiger partial charge in [-0.2, -0.15) is 0 Å². The number of carbonyl (C=O) groups is 1. The highest BCUT2D eigenvalue weighted by atomic mass is 16.5. The van der Waals surface area contributed by atoms with Gasteiger partial charge in [0, 0.05) is 27.2 Å². The molecule has 1 aliphatic heterocycles. The molecule has 1 unspecified atom stereocenters. The van der Waals surface area contributed by atoms with Crippen LogP contribution in [0.3, 0.4) is 0 Å². The summed E-state index contributed by atoms with van der Waals surface area (Å²) in [4.78, 5) is 20.8. The number of amides is 1. The summed E-state index contributed by atoms with van der Waals surface area (Å²) in [7, 11) is 3.64. The van der Waals surface area contributed by atoms with Crippen molar-refractivity contribution in [2.45, 2.75) is 38.7 Å². The lowest BCUT2D eigenvalue weighted by molar-refractivity contribution is -0.138. The molecule has 6 heteroatoms. The Labute approximate surface area is 127 Å². The molecule has 1 saturated heterocycles. The Morgan fingerprint density at radius 3 is 2.67 bits per heavy atom. The second kappa shape index (κ2) is 6.64. The van der Waals surface area contributed by atoms with Crippen molar-refractivity contribution in [3.63, 3.8) is 0 Å². The maximum absolute atomic E-state index is 12.5. The van der Waals surface area contributed by atoms with Crippen molar-refractivity contribution in [3.05, 3.63) is 0 Å². The van der Waals surface area contributed by atoms with Gasteiger partial charge in [-0.05, 0) is 19.8 Å². The van der Waals surface area contributed by atoms with Crippen LogP contribution < -0.4 is 5.73 Å². The zero-order valence-corrected chi connectivity index (χ0v) is 13.5. The molecule has 2 fully saturated rings. The van der Waals surface area contributed by atoms with Crippen LogP contribution in [0, 0.1) is 5.41 Å². The van der Waals surface area contributed by atoms with E-state index in [1.54, 1.807) is 4.90 Å². The lowest BCUT2D eigenvalue weighted by Crippen LogP contribution is -2.48. The van der Waals surface area contributed by atoms with Crippen LogP contribution >= 0.6 is 0 Å². The molecule has 1 heterocycles. The molecule has 21 heavy (non-hydrogen) atoms. The Morgan fingerprint density at radius 2 is 2.10 bits per heavy atom. The molecular weight excluding hydrogens is 268 g/mol. The summed E-state index contributed by atoms with van der Waals surface area (Å²) in [5, 5.41) is 0. The van der Waals surface area contributed by atoms with Crippen molar-refractivity contribution in [1.29, 1.82) is 0 Å². The fourth-order valence-electron chi connectivity index (χ4n) is 3.32. The number of nitrogens with zero attached hydrogens (tertiary/aromatic N) is 3. The Balaban J connectivity index is 2.03. The average molecular weight is 296 g/mol. The van der Waals surface area contributed by atoms with Gasteiger partial charge in [0.2, 0.25) is 5.91 Å². The van der Waals surface area contributed by atoms with Gasteiger partial charge in [-0.3, -0.25) is 9.79 Å². The third-order valence-corrected chi connectivity index (χ3v) is 4.53. The second-order valence-electron chi connectivity index (χ2n) is 6.49. The van der Waals surface area contributed by atoms with Crippen molar-refractivity contribution in [2.75, 3.05) is 40.3 Å². The number of hydrogen-bond donors (Lipinski definition) is 1. The Bertz CT molecular complexity index is 402. The van der Waals surface area contributed by atoms with Gasteiger partial charge >= 0.3 is 0 Å². The number of rotatable bonds is 3. The molecule has 0 aromatic heterocycles. The van der Waals surface area contributed by atoms with Crippen LogP contribution in [0.4, 0.5) is 0 Å². The van der Waals surface area contributed by atoms with E-state index in [9.17, 15) is 4.79 Å². The number of nitrogens with two attached hydrogens (primary N) is 1. The van der Waals surface area contributed by atoms with Gasteiger partial charge in [-0.15, -0.1) is 0 Å². The molecule has 0 aromatic rings. The summed E-state index contributed by atoms with van der Waals surface area (Å²) in [6.07, 6.45) is 4.21. The van der Waals surface area contributed by atoms with E-state index in [-0.39, 0.29) is 17.4 Å². The van der Waals surface area contributed by atoms with Gasteiger partial charge in [0.15, 0.2) is 5.96 Å². The minimum atomic E-state index is -0.341. The molecule has 6 nitrogen and oxygen atoms in total. The van der Waals surface area contributed by atoms with Gasteiger partial charge in [0.05, 0.1) is 24.7 Å². The third kappa shape index (κ3) is 3.67. The van der Waals surface area contributed by atoms with Crippen molar-refractivity contribution in [3.8, 4) is 0 Å². The summed E-state index contributed by atoms with van der Waals surface area (Å²) < 4.78 is 5.51. The number of aliphatic imine (C=N–C) groups is 1. The minimum absolute atomic E-state index is 0.177. The van der Waals surface area contributed by atoms with Crippen molar-refractivity contribution >= 4 is 11.9 Å². The molecular formula is C15H28N4O2. The third-order valence-electron chi connectivity index (χ3n) is 4.53. The summed E-state index contributed by atoms with van der Waals surface area (Å²) in [5.74, 6) is 0.731. The highest BCUT2D eigenvalue weighted by Crippen LogP contribution is 2.39. The molecule has 120 valence electrons. The predicted octanol–water partition coefficient (Wildman–Crippen LogP) is 0.670. The Morgan fingerprint density at radius 1 is 1.43 bits per heavy atom. The molecule has 1 atom stereocenters. The van der Waals surface area contributed by atoms with Crippen LogP contribution in [0.2, 0.25) is 0 Å². The Hall–Kier alpha value is -1.30. The van der Waals surface area contributed by atoms with E-state index >= 15 is 0 Å². The summed E-state index contributed by atoms with van der Waals surface area (Å²) >= 11 is 0. The summed E-state index contributed by atoms with van der Waals surface area (Å²) in [5.41, 5.74) is 5.78. The average Bonchev–Trinajstić information content (AvgIpc) is 2.94. The molecule has 2 N–H and O–H groups in total. The zero-order chi connectivity index (χ0) is 15.5. The standard InChI is InChI=1S/C15H28N4O2/c1-12-10-19(8-9-21-12)14(16)17-11-15(6-4-5-7-15)13(20)18(2)3/h12H,4-11H2,1-3H3,(H2,16,17). The van der Waals surface area contributed by atoms with Gasteiger partial charge in [-0.25, -0.2) is 0 Å². The summed E-state index contributed by atoms with van der Waals surface area (Å²) in [6.45, 7) is 4.76. The van der Waals surface area contributed by atoms with Gasteiger partial charge in [0.1, 0.15) is 0 Å². The fourth-order valence-corrected chi connectivity index (χ4v) is 3.32. The van der Waals surface area contributed by atoms with Crippen molar-refractivity contribution in [1.82, 2.24) is 9.80 Å². The summed E-state index contributed by atoms with van der Waals surface area (Å²) in [6, 6.07) is 0. The molecule has 2 aliphatic rings. The second-order valence-corrected chi connectivity index (χ2v) is 6.49. The molecule has 0 bridgehead atoms. The number of guanidine groups is 1. The van der Waals surface area contributed by atoms with Crippen LogP contribution in [-0.2, 0) is 9.53 Å². The van der Waals surface area contributed by atoms with E-state index in [4.69, 9.17) is 10.5 Å². The number of morpholine rings is 1. The van der Waals surface area contributed by atoms with E-state index in [2.05, 4.69) is 9.89 Å². The maximum Gasteiger partial charge on any atom is 0.230 e. The first-order chi connectivity index (χ1) is 9.94. The number of ether oxygens (including phenoxy) is 1. The van der Waals surface area contributed by atoms with E-state index < -0.39 is 0 Å². The van der Waals surface area contributed by atoms with E-state index in [0.717, 1.165) is 38.8 Å². The molecule has 0 spiro atoms. The molecule has 1 amide bonds. The fraction of sp³-hybridized carbons (Fsp3) is 0.867. The van der Waals surface area contributed by atoms with Crippen molar-refractivity contribution in [2.24, 2.45) is 16.1 Å². The first-order valence-corrected chi connectivity index (χ1v) is 7.83. The van der Waals surface area contributed by atoms with E-state index in [0.29, 0.717) is 19.1 Å². The van der Waals surface area contributed by atoms with Gasteiger partial charge in [-0.1, -0.05) is 12.8 Å². The quantitative estimate of drug-likeness (QED) is 0.614. The topological polar surface area (TPSA) is 71.2 Å². The SMILES string of the molecule is CC1CN(C(N)=NCC2(C(=O)N(C)C)CCCC2)CCO1. The van der Waals surface area contributed by atoms with Crippen LogP contribution in [0.5, 0.6) is 0 Å². The molecule has 1 saturated carbocycles. The number of hydrogen-bond acceptors (Lipinski definition) is 3. The minimum Gasteiger partial charge on any atom is -0.375 e. The van der Waals surface area contributed by atoms with Crippen LogP contribution in [0.1, 0.15) is 32.6 Å². The zero-order valence-electron chi connectivity index (χ0n) is 13.5. The van der Waals surface area contributed by atoms with E-state index in [1.807, 2.05) is 21.0 Å². The first-order valence-electron chi connectivity index (χ1n) is 7.83. The van der Waals surface area contributed by atoms with Crippen LogP contribution in [0.25, 0.3) is 0 Å². The number of carbonyl (C=O) groups excluding carboxylic acids is 1. The molecule has 0 aromatic carbocycles. The highest BCUT2D eigenvalue weighted by molar-refractivity contribution is 5.84. The molecule has 1 aliphatic carbocycles. The predicted molar refractivity (Wildman–Crippen MR) is 83.1 cm³/mol. The molecule has 2 rings (SSSR count). The smallest absolute Gasteiger partial charge is 0.230 e. The lowest BCUT2D eigenvalue weighted by Gasteiger charge is -2.33. The van der Waals surface area contributed by atoms with Gasteiger partial charge in [0.25, 0.3) is 0 Å². The molecule has 0 radical (unpaired) electrons. The normalized spacial score (nSPS) is 26.0. The first kappa shape index (κ1) is 16.1. The monoisotopic (exact) mass is 296 g/mol. The highest BCUT2D eigenvalue weighted by Gasteiger charge is 2.42.